The third kappa shape index (κ3) is 5.40. The van der Waals surface area contributed by atoms with Crippen LogP contribution in [0.25, 0.3) is 0 Å². The Labute approximate surface area is 169 Å². The lowest BCUT2D eigenvalue weighted by Gasteiger charge is -2.26. The van der Waals surface area contributed by atoms with E-state index in [0.29, 0.717) is 6.42 Å². The Bertz CT molecular complexity index is 792. The minimum Gasteiger partial charge on any atom is -0.383 e. The van der Waals surface area contributed by atoms with Gasteiger partial charge in [0, 0.05) is 25.0 Å². The Balaban J connectivity index is 1.79. The SMILES string of the molecule is COCCN(CC(=O)N1N=C(c2cccs2)CC1c1cccs1)CC(F)(F)F. The molecule has 1 amide bonds. The number of thiophene rings is 2. The lowest BCUT2D eigenvalue weighted by atomic mass is 10.1. The molecule has 0 N–H and O–H groups in total. The van der Waals surface area contributed by atoms with Gasteiger partial charge in [0.25, 0.3) is 5.91 Å². The van der Waals surface area contributed by atoms with E-state index in [-0.39, 0.29) is 25.7 Å². The maximum absolute atomic E-state index is 12.9. The summed E-state index contributed by atoms with van der Waals surface area (Å²) in [7, 11) is 1.42. The van der Waals surface area contributed by atoms with Crippen molar-refractivity contribution in [1.82, 2.24) is 9.91 Å². The standard InChI is InChI=1S/C18H20F3N3O2S2/c1-26-7-6-23(12-18(19,20)21)11-17(25)24-14(16-5-3-9-28-16)10-13(22-24)15-4-2-8-27-15/h2-5,8-9,14H,6-7,10-12H2,1H3. The topological polar surface area (TPSA) is 45.1 Å². The highest BCUT2D eigenvalue weighted by molar-refractivity contribution is 7.12. The molecule has 0 bridgehead atoms. The molecule has 0 spiro atoms. The first-order valence-electron chi connectivity index (χ1n) is 8.62. The zero-order valence-electron chi connectivity index (χ0n) is 15.2. The third-order valence-electron chi connectivity index (χ3n) is 4.22. The summed E-state index contributed by atoms with van der Waals surface area (Å²) >= 11 is 3.03. The maximum Gasteiger partial charge on any atom is 0.401 e. The highest BCUT2D eigenvalue weighted by atomic mass is 32.1. The zero-order valence-corrected chi connectivity index (χ0v) is 16.8. The zero-order chi connectivity index (χ0) is 20.1. The molecule has 3 heterocycles. The molecular formula is C18H20F3N3O2S2. The minimum atomic E-state index is -4.39. The van der Waals surface area contributed by atoms with Crippen LogP contribution in [0.5, 0.6) is 0 Å². The molecule has 152 valence electrons. The fraction of sp³-hybridized carbons (Fsp3) is 0.444. The quantitative estimate of drug-likeness (QED) is 0.635. The number of halogens is 3. The summed E-state index contributed by atoms with van der Waals surface area (Å²) in [5.74, 6) is -0.453. The molecule has 1 aliphatic rings. The first-order valence-corrected chi connectivity index (χ1v) is 10.4. The van der Waals surface area contributed by atoms with Gasteiger partial charge in [0.15, 0.2) is 0 Å². The van der Waals surface area contributed by atoms with Crippen molar-refractivity contribution in [3.8, 4) is 0 Å². The fourth-order valence-electron chi connectivity index (χ4n) is 2.99. The van der Waals surface area contributed by atoms with Gasteiger partial charge >= 0.3 is 6.18 Å². The van der Waals surface area contributed by atoms with E-state index >= 15 is 0 Å². The van der Waals surface area contributed by atoms with Crippen LogP contribution in [0.1, 0.15) is 22.2 Å². The number of alkyl halides is 3. The van der Waals surface area contributed by atoms with Gasteiger partial charge in [-0.25, -0.2) is 5.01 Å². The van der Waals surface area contributed by atoms with E-state index in [1.165, 1.54) is 34.8 Å². The van der Waals surface area contributed by atoms with Gasteiger partial charge in [-0.05, 0) is 22.9 Å². The van der Waals surface area contributed by atoms with Crippen molar-refractivity contribution >= 4 is 34.3 Å². The first kappa shape index (κ1) is 21.0. The Hall–Kier alpha value is -1.75. The summed E-state index contributed by atoms with van der Waals surface area (Å²) in [5.41, 5.74) is 0.779. The van der Waals surface area contributed by atoms with E-state index in [9.17, 15) is 18.0 Å². The van der Waals surface area contributed by atoms with Crippen LogP contribution in [-0.4, -0.2) is 61.1 Å². The van der Waals surface area contributed by atoms with Gasteiger partial charge < -0.3 is 4.74 Å². The molecule has 2 aromatic rings. The number of methoxy groups -OCH3 is 1. The Morgan fingerprint density at radius 2 is 2.07 bits per heavy atom. The van der Waals surface area contributed by atoms with Crippen LogP contribution in [0.2, 0.25) is 0 Å². The second-order valence-electron chi connectivity index (χ2n) is 6.32. The second kappa shape index (κ2) is 9.17. The Morgan fingerprint density at radius 3 is 2.68 bits per heavy atom. The van der Waals surface area contributed by atoms with Gasteiger partial charge in [0.1, 0.15) is 0 Å². The minimum absolute atomic E-state index is 0.0146. The van der Waals surface area contributed by atoms with Gasteiger partial charge in [-0.15, -0.1) is 22.7 Å². The molecule has 0 aromatic carbocycles. The number of ether oxygens (including phenoxy) is 1. The number of nitrogens with zero attached hydrogens (tertiary/aromatic N) is 3. The van der Waals surface area contributed by atoms with Gasteiger partial charge in [0.05, 0.1) is 36.3 Å². The van der Waals surface area contributed by atoms with Crippen molar-refractivity contribution in [2.24, 2.45) is 5.10 Å². The van der Waals surface area contributed by atoms with Crippen LogP contribution in [0.15, 0.2) is 40.1 Å². The predicted octanol–water partition coefficient (Wildman–Crippen LogP) is 4.00. The number of hydrazone groups is 1. The lowest BCUT2D eigenvalue weighted by Crippen LogP contribution is -2.43. The number of hydrogen-bond donors (Lipinski definition) is 0. The Morgan fingerprint density at radius 1 is 1.32 bits per heavy atom. The summed E-state index contributed by atoms with van der Waals surface area (Å²) in [6, 6.07) is 7.35. The summed E-state index contributed by atoms with van der Waals surface area (Å²) in [4.78, 5) is 15.9. The second-order valence-corrected chi connectivity index (χ2v) is 8.24. The highest BCUT2D eigenvalue weighted by Crippen LogP contribution is 2.36. The van der Waals surface area contributed by atoms with Crippen LogP contribution < -0.4 is 0 Å². The van der Waals surface area contributed by atoms with Crippen LogP contribution in [0, 0.1) is 0 Å². The normalized spacial score (nSPS) is 17.4. The van der Waals surface area contributed by atoms with Crippen LogP contribution in [0.4, 0.5) is 13.2 Å². The highest BCUT2D eigenvalue weighted by Gasteiger charge is 2.36. The molecule has 5 nitrogen and oxygen atoms in total. The van der Waals surface area contributed by atoms with E-state index < -0.39 is 18.6 Å². The maximum atomic E-state index is 12.9. The number of amides is 1. The fourth-order valence-corrected chi connectivity index (χ4v) is 4.52. The van der Waals surface area contributed by atoms with Gasteiger partial charge in [-0.2, -0.15) is 18.3 Å². The average molecular weight is 432 g/mol. The molecule has 10 heteroatoms. The molecule has 1 unspecified atom stereocenters. The summed E-state index contributed by atoms with van der Waals surface area (Å²) < 4.78 is 43.5. The van der Waals surface area contributed by atoms with Crippen molar-refractivity contribution in [2.75, 3.05) is 33.4 Å². The average Bonchev–Trinajstić information content (AvgIpc) is 3.38. The summed E-state index contributed by atoms with van der Waals surface area (Å²) in [6.45, 7) is -1.41. The van der Waals surface area contributed by atoms with E-state index in [4.69, 9.17) is 4.74 Å². The summed E-state index contributed by atoms with van der Waals surface area (Å²) in [6.07, 6.45) is -3.85. The van der Waals surface area contributed by atoms with Crippen LogP contribution >= 0.6 is 22.7 Å². The van der Waals surface area contributed by atoms with Gasteiger partial charge in [-0.1, -0.05) is 12.1 Å². The molecule has 0 fully saturated rings. The Kier molecular flexibility index (Phi) is 6.86. The molecule has 0 saturated heterocycles. The van der Waals surface area contributed by atoms with E-state index in [1.807, 2.05) is 35.0 Å². The largest absolute Gasteiger partial charge is 0.401 e. The monoisotopic (exact) mass is 431 g/mol. The number of carbonyl (C=O) groups is 1. The molecule has 0 saturated carbocycles. The molecule has 2 aromatic heterocycles. The molecule has 3 rings (SSSR count). The number of hydrogen-bond acceptors (Lipinski definition) is 6. The molecule has 0 aliphatic carbocycles. The van der Waals surface area contributed by atoms with E-state index in [2.05, 4.69) is 5.10 Å². The van der Waals surface area contributed by atoms with E-state index in [0.717, 1.165) is 20.4 Å². The molecule has 0 radical (unpaired) electrons. The summed E-state index contributed by atoms with van der Waals surface area (Å²) in [5, 5.41) is 9.66. The lowest BCUT2D eigenvalue weighted by molar-refractivity contribution is -0.153. The molecular weight excluding hydrogens is 411 g/mol. The van der Waals surface area contributed by atoms with E-state index in [1.54, 1.807) is 0 Å². The molecule has 1 aliphatic heterocycles. The molecule has 1 atom stereocenters. The van der Waals surface area contributed by atoms with Crippen molar-refractivity contribution in [1.29, 1.82) is 0 Å². The third-order valence-corrected chi connectivity index (χ3v) is 6.11. The van der Waals surface area contributed by atoms with Gasteiger partial charge in [-0.3, -0.25) is 9.69 Å². The first-order chi connectivity index (χ1) is 13.4. The van der Waals surface area contributed by atoms with Crippen LogP contribution in [-0.2, 0) is 9.53 Å². The smallest absolute Gasteiger partial charge is 0.383 e. The van der Waals surface area contributed by atoms with Crippen LogP contribution in [0.3, 0.4) is 0 Å². The van der Waals surface area contributed by atoms with Crippen molar-refractivity contribution in [2.45, 2.75) is 18.6 Å². The van der Waals surface area contributed by atoms with Crippen molar-refractivity contribution < 1.29 is 22.7 Å². The predicted molar refractivity (Wildman–Crippen MR) is 104 cm³/mol. The van der Waals surface area contributed by atoms with Crippen molar-refractivity contribution in [3.05, 3.63) is 44.8 Å². The number of rotatable bonds is 8. The number of carbonyl (C=O) groups excluding carboxylic acids is 1. The van der Waals surface area contributed by atoms with Gasteiger partial charge in [0.2, 0.25) is 0 Å². The molecule has 28 heavy (non-hydrogen) atoms. The van der Waals surface area contributed by atoms with Crippen molar-refractivity contribution in [3.63, 3.8) is 0 Å².